The summed E-state index contributed by atoms with van der Waals surface area (Å²) < 4.78 is 5.34. The zero-order valence-corrected chi connectivity index (χ0v) is 11.1. The molecule has 2 amide bonds. The van der Waals surface area contributed by atoms with Crippen LogP contribution in [0.1, 0.15) is 6.42 Å². The number of aliphatic hydroxyl groups excluding tert-OH is 1. The van der Waals surface area contributed by atoms with Crippen molar-refractivity contribution >= 4 is 17.5 Å². The topological polar surface area (TPSA) is 78.9 Å². The number of rotatable bonds is 5. The molecule has 1 aliphatic heterocycles. The average Bonchev–Trinajstić information content (AvgIpc) is 2.44. The van der Waals surface area contributed by atoms with Crippen molar-refractivity contribution in [1.82, 2.24) is 4.90 Å². The van der Waals surface area contributed by atoms with E-state index < -0.39 is 6.10 Å². The van der Waals surface area contributed by atoms with Crippen LogP contribution in [0.2, 0.25) is 0 Å². The summed E-state index contributed by atoms with van der Waals surface area (Å²) in [5.74, 6) is -0.506. The first-order valence-electron chi connectivity index (χ1n) is 6.57. The fourth-order valence-electron chi connectivity index (χ4n) is 2.08. The molecule has 0 aliphatic carbocycles. The fourth-order valence-corrected chi connectivity index (χ4v) is 2.08. The van der Waals surface area contributed by atoms with Crippen molar-refractivity contribution in [2.24, 2.45) is 0 Å². The van der Waals surface area contributed by atoms with Crippen molar-refractivity contribution in [1.29, 1.82) is 0 Å². The molecular weight excluding hydrogens is 260 g/mol. The van der Waals surface area contributed by atoms with Crippen LogP contribution in [-0.2, 0) is 14.3 Å². The lowest BCUT2D eigenvalue weighted by molar-refractivity contribution is -0.155. The predicted molar refractivity (Wildman–Crippen MR) is 73.1 cm³/mol. The van der Waals surface area contributed by atoms with Crippen LogP contribution in [0.25, 0.3) is 0 Å². The molecule has 1 atom stereocenters. The summed E-state index contributed by atoms with van der Waals surface area (Å²) in [5, 5.41) is 11.6. The number of ether oxygens (including phenoxy) is 1. The highest BCUT2D eigenvalue weighted by atomic mass is 16.5. The van der Waals surface area contributed by atoms with Gasteiger partial charge in [-0.25, -0.2) is 0 Å². The summed E-state index contributed by atoms with van der Waals surface area (Å²) in [5.41, 5.74) is 0.688. The van der Waals surface area contributed by atoms with Gasteiger partial charge in [0, 0.05) is 18.8 Å². The highest BCUT2D eigenvalue weighted by molar-refractivity contribution is 5.95. The van der Waals surface area contributed by atoms with Gasteiger partial charge in [0.1, 0.15) is 6.10 Å². The zero-order valence-electron chi connectivity index (χ0n) is 11.1. The third kappa shape index (κ3) is 3.79. The lowest BCUT2D eigenvalue weighted by Crippen LogP contribution is -2.49. The number of amides is 2. The largest absolute Gasteiger partial charge is 0.395 e. The van der Waals surface area contributed by atoms with Gasteiger partial charge in [-0.3, -0.25) is 9.59 Å². The number of nitrogens with one attached hydrogen (secondary N) is 1. The number of carbonyl (C=O) groups is 2. The molecule has 2 N–H and O–H groups in total. The molecule has 6 nitrogen and oxygen atoms in total. The number of hydrogen-bond donors (Lipinski definition) is 2. The highest BCUT2D eigenvalue weighted by Crippen LogP contribution is 2.12. The van der Waals surface area contributed by atoms with Gasteiger partial charge in [0.15, 0.2) is 0 Å². The van der Waals surface area contributed by atoms with Gasteiger partial charge in [-0.1, -0.05) is 18.2 Å². The normalized spacial score (nSPS) is 18.9. The van der Waals surface area contributed by atoms with Gasteiger partial charge in [-0.05, 0) is 12.1 Å². The second-order valence-corrected chi connectivity index (χ2v) is 4.53. The average molecular weight is 278 g/mol. The Hall–Kier alpha value is -1.92. The van der Waals surface area contributed by atoms with Gasteiger partial charge in [0.25, 0.3) is 5.91 Å². The number of anilines is 1. The third-order valence-corrected chi connectivity index (χ3v) is 3.07. The first-order chi connectivity index (χ1) is 9.70. The number of para-hydroxylation sites is 1. The van der Waals surface area contributed by atoms with Gasteiger partial charge in [0.05, 0.1) is 19.6 Å². The van der Waals surface area contributed by atoms with Gasteiger partial charge in [-0.2, -0.15) is 0 Å². The molecule has 108 valence electrons. The fraction of sp³-hybridized carbons (Fsp3) is 0.429. The molecule has 1 unspecified atom stereocenters. The minimum Gasteiger partial charge on any atom is -0.395 e. The number of aliphatic hydroxyl groups is 1. The molecule has 6 heteroatoms. The molecular formula is C14H18N2O4. The van der Waals surface area contributed by atoms with Gasteiger partial charge in [0.2, 0.25) is 5.91 Å². The van der Waals surface area contributed by atoms with Crippen molar-refractivity contribution in [3.63, 3.8) is 0 Å². The summed E-state index contributed by atoms with van der Waals surface area (Å²) >= 11 is 0. The van der Waals surface area contributed by atoms with Gasteiger partial charge >= 0.3 is 0 Å². The molecule has 1 aromatic rings. The van der Waals surface area contributed by atoms with Crippen LogP contribution in [0.4, 0.5) is 5.69 Å². The van der Waals surface area contributed by atoms with E-state index in [4.69, 9.17) is 9.84 Å². The molecule has 1 saturated heterocycles. The Kier molecular flexibility index (Phi) is 5.09. The molecule has 1 aliphatic rings. The number of hydrogen-bond acceptors (Lipinski definition) is 4. The van der Waals surface area contributed by atoms with E-state index in [0.717, 1.165) is 0 Å². The minimum atomic E-state index is -0.765. The monoisotopic (exact) mass is 278 g/mol. The Morgan fingerprint density at radius 1 is 1.40 bits per heavy atom. The second kappa shape index (κ2) is 7.02. The van der Waals surface area contributed by atoms with Crippen LogP contribution >= 0.6 is 0 Å². The Morgan fingerprint density at radius 2 is 2.15 bits per heavy atom. The van der Waals surface area contributed by atoms with Gasteiger partial charge in [-0.15, -0.1) is 0 Å². The summed E-state index contributed by atoms with van der Waals surface area (Å²) in [6.07, 6.45) is -0.783. The maximum atomic E-state index is 12.0. The van der Waals surface area contributed by atoms with E-state index in [-0.39, 0.29) is 31.4 Å². The smallest absolute Gasteiger partial charge is 0.252 e. The number of β-amino-alcohol motifs (C(OH)–C–C–N with tert-alkyl or cyclic N) is 1. The van der Waals surface area contributed by atoms with Crippen molar-refractivity contribution < 1.29 is 19.4 Å². The van der Waals surface area contributed by atoms with E-state index in [1.807, 2.05) is 18.2 Å². The lowest BCUT2D eigenvalue weighted by Gasteiger charge is -2.31. The van der Waals surface area contributed by atoms with Crippen LogP contribution in [0.5, 0.6) is 0 Å². The Morgan fingerprint density at radius 3 is 2.85 bits per heavy atom. The molecule has 0 aromatic heterocycles. The van der Waals surface area contributed by atoms with Crippen LogP contribution in [0, 0.1) is 0 Å². The molecule has 2 rings (SSSR count). The first kappa shape index (κ1) is 14.5. The molecule has 0 bridgehead atoms. The highest BCUT2D eigenvalue weighted by Gasteiger charge is 2.30. The van der Waals surface area contributed by atoms with E-state index >= 15 is 0 Å². The molecule has 1 aromatic carbocycles. The lowest BCUT2D eigenvalue weighted by atomic mass is 10.1. The molecule has 0 radical (unpaired) electrons. The third-order valence-electron chi connectivity index (χ3n) is 3.07. The second-order valence-electron chi connectivity index (χ2n) is 4.53. The Balaban J connectivity index is 1.88. The minimum absolute atomic E-state index is 0.0182. The standard InChI is InChI=1S/C14H18N2O4/c17-8-6-16-7-9-20-12(14(16)19)10-13(18)15-11-4-2-1-3-5-11/h1-5,12,17H,6-10H2,(H,15,18). The van der Waals surface area contributed by atoms with E-state index in [0.29, 0.717) is 18.8 Å². The van der Waals surface area contributed by atoms with E-state index in [9.17, 15) is 9.59 Å². The molecule has 20 heavy (non-hydrogen) atoms. The van der Waals surface area contributed by atoms with E-state index in [2.05, 4.69) is 5.32 Å². The molecule has 1 heterocycles. The first-order valence-corrected chi connectivity index (χ1v) is 6.57. The van der Waals surface area contributed by atoms with Gasteiger partial charge < -0.3 is 20.1 Å². The van der Waals surface area contributed by atoms with Crippen LogP contribution < -0.4 is 5.32 Å². The number of carbonyl (C=O) groups excluding carboxylic acids is 2. The number of nitrogens with zero attached hydrogens (tertiary/aromatic N) is 1. The zero-order chi connectivity index (χ0) is 14.4. The van der Waals surface area contributed by atoms with Crippen LogP contribution in [-0.4, -0.2) is 54.2 Å². The Labute approximate surface area is 117 Å². The van der Waals surface area contributed by atoms with E-state index in [1.165, 1.54) is 4.90 Å². The quantitative estimate of drug-likeness (QED) is 0.808. The Bertz CT molecular complexity index is 462. The van der Waals surface area contributed by atoms with Crippen molar-refractivity contribution in [3.05, 3.63) is 30.3 Å². The predicted octanol–water partition coefficient (Wildman–Crippen LogP) is 0.235. The van der Waals surface area contributed by atoms with Crippen molar-refractivity contribution in [3.8, 4) is 0 Å². The summed E-state index contributed by atoms with van der Waals surface area (Å²) in [6, 6.07) is 9.05. The maximum absolute atomic E-state index is 12.0. The van der Waals surface area contributed by atoms with E-state index in [1.54, 1.807) is 12.1 Å². The van der Waals surface area contributed by atoms with Crippen molar-refractivity contribution in [2.45, 2.75) is 12.5 Å². The summed E-state index contributed by atoms with van der Waals surface area (Å²) in [7, 11) is 0. The van der Waals surface area contributed by atoms with Crippen molar-refractivity contribution in [2.75, 3.05) is 31.6 Å². The molecule has 0 saturated carbocycles. The molecule has 0 spiro atoms. The van der Waals surface area contributed by atoms with Crippen LogP contribution in [0.3, 0.4) is 0 Å². The molecule has 1 fully saturated rings. The maximum Gasteiger partial charge on any atom is 0.252 e. The number of benzene rings is 1. The SMILES string of the molecule is O=C(CC1OCCN(CCO)C1=O)Nc1ccccc1. The van der Waals surface area contributed by atoms with Crippen LogP contribution in [0.15, 0.2) is 30.3 Å². The summed E-state index contributed by atoms with van der Waals surface area (Å²) in [6.45, 7) is 1.03. The summed E-state index contributed by atoms with van der Waals surface area (Å²) in [4.78, 5) is 25.4. The number of morpholine rings is 1.